The molecule has 0 aromatic rings. The Morgan fingerprint density at radius 3 is 3.11 bits per heavy atom. The zero-order chi connectivity index (χ0) is 13.4. The SMILES string of the molecule is CCC1C(=O)NCCN1C(=NCCCOC)NN. The van der Waals surface area contributed by atoms with Gasteiger partial charge in [-0.1, -0.05) is 6.92 Å². The van der Waals surface area contributed by atoms with Gasteiger partial charge in [-0.3, -0.25) is 15.2 Å². The highest BCUT2D eigenvalue weighted by Gasteiger charge is 2.29. The largest absolute Gasteiger partial charge is 0.385 e. The van der Waals surface area contributed by atoms with Crippen molar-refractivity contribution in [2.45, 2.75) is 25.8 Å². The average molecular weight is 257 g/mol. The number of carbonyl (C=O) groups excluding carboxylic acids is 1. The topological polar surface area (TPSA) is 92.0 Å². The summed E-state index contributed by atoms with van der Waals surface area (Å²) in [5.41, 5.74) is 2.59. The number of methoxy groups -OCH3 is 1. The quantitative estimate of drug-likeness (QED) is 0.194. The molecule has 0 bridgehead atoms. The van der Waals surface area contributed by atoms with Crippen LogP contribution < -0.4 is 16.6 Å². The third-order valence-corrected chi connectivity index (χ3v) is 2.89. The summed E-state index contributed by atoms with van der Waals surface area (Å²) in [4.78, 5) is 18.0. The molecule has 1 saturated heterocycles. The summed E-state index contributed by atoms with van der Waals surface area (Å²) >= 11 is 0. The normalized spacial score (nSPS) is 20.8. The predicted octanol–water partition coefficient (Wildman–Crippen LogP) is -0.947. The molecule has 0 aromatic heterocycles. The first-order chi connectivity index (χ1) is 8.74. The molecule has 1 heterocycles. The number of nitrogens with two attached hydrogens (primary N) is 1. The van der Waals surface area contributed by atoms with E-state index in [-0.39, 0.29) is 11.9 Å². The average Bonchev–Trinajstić information content (AvgIpc) is 2.39. The molecule has 4 N–H and O–H groups in total. The molecular formula is C11H23N5O2. The van der Waals surface area contributed by atoms with E-state index in [1.54, 1.807) is 7.11 Å². The van der Waals surface area contributed by atoms with Crippen molar-refractivity contribution in [3.63, 3.8) is 0 Å². The summed E-state index contributed by atoms with van der Waals surface area (Å²) in [6, 6.07) is -0.198. The standard InChI is InChI=1S/C11H23N5O2/c1-3-9-10(17)13-6-7-16(9)11(15-12)14-5-4-8-18-2/h9H,3-8,12H2,1-2H3,(H,13,17)(H,14,15). The van der Waals surface area contributed by atoms with E-state index in [0.29, 0.717) is 25.7 Å². The summed E-state index contributed by atoms with van der Waals surface area (Å²) in [6.07, 6.45) is 1.56. The van der Waals surface area contributed by atoms with Crippen LogP contribution in [0, 0.1) is 0 Å². The van der Waals surface area contributed by atoms with Crippen molar-refractivity contribution in [2.24, 2.45) is 10.8 Å². The monoisotopic (exact) mass is 257 g/mol. The summed E-state index contributed by atoms with van der Waals surface area (Å²) in [7, 11) is 1.66. The third-order valence-electron chi connectivity index (χ3n) is 2.89. The molecule has 1 amide bonds. The summed E-state index contributed by atoms with van der Waals surface area (Å²) in [5.74, 6) is 6.10. The van der Waals surface area contributed by atoms with Gasteiger partial charge in [0.05, 0.1) is 0 Å². The first-order valence-corrected chi connectivity index (χ1v) is 6.29. The maximum Gasteiger partial charge on any atom is 0.242 e. The molecule has 1 atom stereocenters. The van der Waals surface area contributed by atoms with Crippen molar-refractivity contribution in [3.8, 4) is 0 Å². The fraction of sp³-hybridized carbons (Fsp3) is 0.818. The van der Waals surface area contributed by atoms with Gasteiger partial charge in [-0.2, -0.15) is 0 Å². The molecule has 104 valence electrons. The second-order valence-corrected chi connectivity index (χ2v) is 4.10. The van der Waals surface area contributed by atoms with E-state index in [9.17, 15) is 4.79 Å². The number of ether oxygens (including phenoxy) is 1. The van der Waals surface area contributed by atoms with Gasteiger partial charge < -0.3 is 15.0 Å². The van der Waals surface area contributed by atoms with E-state index in [2.05, 4.69) is 15.7 Å². The van der Waals surface area contributed by atoms with Gasteiger partial charge in [0.2, 0.25) is 11.9 Å². The van der Waals surface area contributed by atoms with Crippen LogP contribution in [0.1, 0.15) is 19.8 Å². The number of carbonyl (C=O) groups is 1. The fourth-order valence-electron chi connectivity index (χ4n) is 1.99. The number of aliphatic imine (C=N–C) groups is 1. The smallest absolute Gasteiger partial charge is 0.242 e. The minimum absolute atomic E-state index is 0.0311. The Bertz CT molecular complexity index is 295. The van der Waals surface area contributed by atoms with Gasteiger partial charge in [0.1, 0.15) is 6.04 Å². The molecule has 1 rings (SSSR count). The van der Waals surface area contributed by atoms with Gasteiger partial charge in [-0.15, -0.1) is 0 Å². The van der Waals surface area contributed by atoms with Gasteiger partial charge in [-0.25, -0.2) is 5.84 Å². The lowest BCUT2D eigenvalue weighted by Crippen LogP contribution is -2.60. The van der Waals surface area contributed by atoms with E-state index in [1.165, 1.54) is 0 Å². The highest BCUT2D eigenvalue weighted by atomic mass is 16.5. The molecular weight excluding hydrogens is 234 g/mol. The van der Waals surface area contributed by atoms with Crippen molar-refractivity contribution in [1.29, 1.82) is 0 Å². The van der Waals surface area contributed by atoms with E-state index < -0.39 is 0 Å². The van der Waals surface area contributed by atoms with Gasteiger partial charge >= 0.3 is 0 Å². The van der Waals surface area contributed by atoms with Crippen LogP contribution in [-0.4, -0.2) is 56.2 Å². The first kappa shape index (κ1) is 14.7. The van der Waals surface area contributed by atoms with Gasteiger partial charge in [0, 0.05) is 33.4 Å². The molecule has 0 aliphatic carbocycles. The second kappa shape index (κ2) is 7.88. The third kappa shape index (κ3) is 3.85. The second-order valence-electron chi connectivity index (χ2n) is 4.10. The van der Waals surface area contributed by atoms with Crippen LogP contribution in [0.5, 0.6) is 0 Å². The van der Waals surface area contributed by atoms with Crippen molar-refractivity contribution in [2.75, 3.05) is 33.4 Å². The Labute approximate surface area is 108 Å². The van der Waals surface area contributed by atoms with Crippen LogP contribution in [0.2, 0.25) is 0 Å². The zero-order valence-electron chi connectivity index (χ0n) is 11.1. The number of hydrogen-bond donors (Lipinski definition) is 3. The van der Waals surface area contributed by atoms with Crippen LogP contribution in [0.25, 0.3) is 0 Å². The number of rotatable bonds is 5. The van der Waals surface area contributed by atoms with E-state index >= 15 is 0 Å². The predicted molar refractivity (Wildman–Crippen MR) is 69.9 cm³/mol. The minimum Gasteiger partial charge on any atom is -0.385 e. The van der Waals surface area contributed by atoms with Gasteiger partial charge in [0.15, 0.2) is 0 Å². The van der Waals surface area contributed by atoms with Crippen LogP contribution in [0.4, 0.5) is 0 Å². The van der Waals surface area contributed by atoms with Crippen molar-refractivity contribution >= 4 is 11.9 Å². The number of piperazine rings is 1. The first-order valence-electron chi connectivity index (χ1n) is 6.29. The highest BCUT2D eigenvalue weighted by molar-refractivity contribution is 5.89. The molecule has 1 fully saturated rings. The van der Waals surface area contributed by atoms with E-state index in [0.717, 1.165) is 19.4 Å². The van der Waals surface area contributed by atoms with Crippen molar-refractivity contribution in [3.05, 3.63) is 0 Å². The molecule has 1 aliphatic heterocycles. The van der Waals surface area contributed by atoms with Crippen LogP contribution in [0.3, 0.4) is 0 Å². The molecule has 1 unspecified atom stereocenters. The highest BCUT2D eigenvalue weighted by Crippen LogP contribution is 2.08. The Balaban J connectivity index is 2.63. The zero-order valence-corrected chi connectivity index (χ0v) is 11.1. The molecule has 7 nitrogen and oxygen atoms in total. The minimum atomic E-state index is -0.198. The van der Waals surface area contributed by atoms with Crippen molar-refractivity contribution < 1.29 is 9.53 Å². The van der Waals surface area contributed by atoms with Crippen LogP contribution in [-0.2, 0) is 9.53 Å². The van der Waals surface area contributed by atoms with Crippen LogP contribution in [0.15, 0.2) is 4.99 Å². The lowest BCUT2D eigenvalue weighted by Gasteiger charge is -2.36. The Kier molecular flexibility index (Phi) is 6.45. The molecule has 7 heteroatoms. The van der Waals surface area contributed by atoms with E-state index in [4.69, 9.17) is 10.6 Å². The van der Waals surface area contributed by atoms with E-state index in [1.807, 2.05) is 11.8 Å². The van der Waals surface area contributed by atoms with Crippen LogP contribution >= 0.6 is 0 Å². The number of nitrogens with zero attached hydrogens (tertiary/aromatic N) is 2. The molecule has 0 radical (unpaired) electrons. The Morgan fingerprint density at radius 1 is 1.72 bits per heavy atom. The Hall–Kier alpha value is -1.34. The summed E-state index contributed by atoms with van der Waals surface area (Å²) < 4.78 is 4.96. The molecule has 1 aliphatic rings. The number of guanidine groups is 1. The summed E-state index contributed by atoms with van der Waals surface area (Å²) in [5, 5.41) is 2.84. The number of nitrogens with one attached hydrogen (secondary N) is 2. The summed E-state index contributed by atoms with van der Waals surface area (Å²) in [6.45, 7) is 4.61. The molecule has 0 spiro atoms. The lowest BCUT2D eigenvalue weighted by molar-refractivity contribution is -0.127. The molecule has 0 aromatic carbocycles. The number of amides is 1. The Morgan fingerprint density at radius 2 is 2.50 bits per heavy atom. The molecule has 0 saturated carbocycles. The fourth-order valence-corrected chi connectivity index (χ4v) is 1.99. The number of hydrogen-bond acceptors (Lipinski definition) is 4. The number of hydrazine groups is 1. The van der Waals surface area contributed by atoms with Crippen molar-refractivity contribution in [1.82, 2.24) is 15.6 Å². The maximum atomic E-state index is 11.7. The maximum absolute atomic E-state index is 11.7. The molecule has 18 heavy (non-hydrogen) atoms. The lowest BCUT2D eigenvalue weighted by atomic mass is 10.1. The van der Waals surface area contributed by atoms with Gasteiger partial charge in [0.25, 0.3) is 0 Å². The van der Waals surface area contributed by atoms with Gasteiger partial charge in [-0.05, 0) is 12.8 Å².